The van der Waals surface area contributed by atoms with Crippen molar-refractivity contribution in [2.75, 3.05) is 11.9 Å². The van der Waals surface area contributed by atoms with Crippen LogP contribution in [0.5, 0.6) is 0 Å². The van der Waals surface area contributed by atoms with Crippen LogP contribution in [0.15, 0.2) is 24.3 Å². The zero-order valence-electron chi connectivity index (χ0n) is 11.5. The number of anilines is 1. The minimum Gasteiger partial charge on any atom is -0.355 e. The van der Waals surface area contributed by atoms with Gasteiger partial charge in [-0.05, 0) is 50.2 Å². The van der Waals surface area contributed by atoms with Crippen LogP contribution in [-0.2, 0) is 6.42 Å². The first kappa shape index (κ1) is 13.8. The van der Waals surface area contributed by atoms with Gasteiger partial charge in [0.05, 0.1) is 12.1 Å². The van der Waals surface area contributed by atoms with Crippen LogP contribution in [0.1, 0.15) is 26.3 Å². The van der Waals surface area contributed by atoms with Gasteiger partial charge in [-0.25, -0.2) is 4.79 Å². The molecule has 1 aromatic carbocycles. The predicted octanol–water partition coefficient (Wildman–Crippen LogP) is 2.75. The third-order valence-corrected chi connectivity index (χ3v) is 3.40. The van der Waals surface area contributed by atoms with E-state index in [2.05, 4.69) is 17.6 Å². The minimum atomic E-state index is -0.184. The summed E-state index contributed by atoms with van der Waals surface area (Å²) < 4.78 is 0. The normalized spacial score (nSPS) is 17.2. The standard InChI is InChI=1S/C14H19N3OS/c1-4-10-6-5-7-11(8-10)15-12(18)17-9-14(2,3)16-13(17)19/h5-8H,4,9H2,1-3H3,(H,15,18)(H,16,19). The number of thiocarbonyl (C=S) groups is 1. The Morgan fingerprint density at radius 2 is 2.26 bits per heavy atom. The Morgan fingerprint density at radius 3 is 2.84 bits per heavy atom. The van der Waals surface area contributed by atoms with Gasteiger partial charge in [0.15, 0.2) is 5.11 Å². The van der Waals surface area contributed by atoms with Crippen LogP contribution in [-0.4, -0.2) is 28.1 Å². The van der Waals surface area contributed by atoms with Crippen LogP contribution in [0, 0.1) is 0 Å². The molecule has 0 spiro atoms. The van der Waals surface area contributed by atoms with Crippen molar-refractivity contribution in [3.05, 3.63) is 29.8 Å². The summed E-state index contributed by atoms with van der Waals surface area (Å²) in [7, 11) is 0. The van der Waals surface area contributed by atoms with E-state index in [1.165, 1.54) is 5.56 Å². The van der Waals surface area contributed by atoms with Gasteiger partial charge in [-0.1, -0.05) is 19.1 Å². The molecule has 0 saturated carbocycles. The minimum absolute atomic E-state index is 0.167. The molecule has 0 aromatic heterocycles. The average molecular weight is 277 g/mol. The summed E-state index contributed by atoms with van der Waals surface area (Å²) in [6.45, 7) is 6.70. The molecule has 1 aromatic rings. The Bertz CT molecular complexity index is 513. The number of benzene rings is 1. The topological polar surface area (TPSA) is 44.4 Å². The fraction of sp³-hybridized carbons (Fsp3) is 0.429. The molecule has 2 rings (SSSR count). The number of hydrogen-bond acceptors (Lipinski definition) is 2. The van der Waals surface area contributed by atoms with Crippen LogP contribution in [0.3, 0.4) is 0 Å². The second kappa shape index (κ2) is 5.17. The second-order valence-corrected chi connectivity index (χ2v) is 5.77. The number of carbonyl (C=O) groups excluding carboxylic acids is 1. The molecule has 4 nitrogen and oxygen atoms in total. The smallest absolute Gasteiger partial charge is 0.328 e. The molecule has 1 saturated heterocycles. The van der Waals surface area contributed by atoms with Gasteiger partial charge in [0, 0.05) is 5.69 Å². The number of rotatable bonds is 2. The average Bonchev–Trinajstić information content (AvgIpc) is 2.63. The highest BCUT2D eigenvalue weighted by Gasteiger charge is 2.35. The van der Waals surface area contributed by atoms with Crippen LogP contribution < -0.4 is 10.6 Å². The summed E-state index contributed by atoms with van der Waals surface area (Å²) in [4.78, 5) is 13.8. The van der Waals surface area contributed by atoms with Gasteiger partial charge in [-0.2, -0.15) is 0 Å². The molecule has 19 heavy (non-hydrogen) atoms. The molecule has 1 aliphatic rings. The van der Waals surface area contributed by atoms with E-state index >= 15 is 0 Å². The van der Waals surface area contributed by atoms with E-state index in [1.807, 2.05) is 38.1 Å². The van der Waals surface area contributed by atoms with E-state index in [1.54, 1.807) is 4.90 Å². The maximum absolute atomic E-state index is 12.2. The largest absolute Gasteiger partial charge is 0.355 e. The van der Waals surface area contributed by atoms with Gasteiger partial charge in [0.25, 0.3) is 0 Å². The third-order valence-electron chi connectivity index (χ3n) is 3.08. The van der Waals surface area contributed by atoms with E-state index in [-0.39, 0.29) is 11.6 Å². The zero-order chi connectivity index (χ0) is 14.0. The van der Waals surface area contributed by atoms with Crippen molar-refractivity contribution in [1.82, 2.24) is 10.2 Å². The van der Waals surface area contributed by atoms with E-state index in [0.29, 0.717) is 11.7 Å². The molecule has 0 atom stereocenters. The molecule has 5 heteroatoms. The quantitative estimate of drug-likeness (QED) is 0.817. The van der Waals surface area contributed by atoms with E-state index in [4.69, 9.17) is 12.2 Å². The fourth-order valence-electron chi connectivity index (χ4n) is 2.09. The molecular formula is C14H19N3OS. The Labute approximate surface area is 119 Å². The number of nitrogens with zero attached hydrogens (tertiary/aromatic N) is 1. The van der Waals surface area contributed by atoms with Crippen LogP contribution in [0.4, 0.5) is 10.5 Å². The van der Waals surface area contributed by atoms with Crippen molar-refractivity contribution >= 4 is 29.0 Å². The van der Waals surface area contributed by atoms with Crippen molar-refractivity contribution < 1.29 is 4.79 Å². The van der Waals surface area contributed by atoms with Gasteiger partial charge in [0.2, 0.25) is 0 Å². The van der Waals surface area contributed by atoms with Gasteiger partial charge >= 0.3 is 6.03 Å². The van der Waals surface area contributed by atoms with E-state index < -0.39 is 0 Å². The molecule has 1 heterocycles. The van der Waals surface area contributed by atoms with Gasteiger partial charge in [-0.15, -0.1) is 0 Å². The van der Waals surface area contributed by atoms with Crippen molar-refractivity contribution in [2.45, 2.75) is 32.7 Å². The lowest BCUT2D eigenvalue weighted by atomic mass is 10.1. The molecular weight excluding hydrogens is 258 g/mol. The SMILES string of the molecule is CCc1cccc(NC(=O)N2CC(C)(C)NC2=S)c1. The highest BCUT2D eigenvalue weighted by molar-refractivity contribution is 7.80. The Kier molecular flexibility index (Phi) is 3.75. The molecule has 2 N–H and O–H groups in total. The molecule has 2 amide bonds. The number of carbonyl (C=O) groups is 1. The number of amides is 2. The summed E-state index contributed by atoms with van der Waals surface area (Å²) in [6.07, 6.45) is 0.945. The summed E-state index contributed by atoms with van der Waals surface area (Å²) in [5, 5.41) is 6.50. The van der Waals surface area contributed by atoms with Crippen molar-refractivity contribution in [3.8, 4) is 0 Å². The maximum Gasteiger partial charge on any atom is 0.328 e. The van der Waals surface area contributed by atoms with E-state index in [0.717, 1.165) is 12.1 Å². The first-order chi connectivity index (χ1) is 8.91. The summed E-state index contributed by atoms with van der Waals surface area (Å²) in [5.74, 6) is 0. The Balaban J connectivity index is 2.07. The summed E-state index contributed by atoms with van der Waals surface area (Å²) >= 11 is 5.18. The summed E-state index contributed by atoms with van der Waals surface area (Å²) in [6, 6.07) is 7.67. The second-order valence-electron chi connectivity index (χ2n) is 5.38. The number of urea groups is 1. The highest BCUT2D eigenvalue weighted by atomic mass is 32.1. The third kappa shape index (κ3) is 3.23. The molecule has 1 aliphatic heterocycles. The molecule has 1 fully saturated rings. The summed E-state index contributed by atoms with van der Waals surface area (Å²) in [5.41, 5.74) is 1.83. The molecule has 0 bridgehead atoms. The first-order valence-corrected chi connectivity index (χ1v) is 6.82. The Morgan fingerprint density at radius 1 is 1.53 bits per heavy atom. The highest BCUT2D eigenvalue weighted by Crippen LogP contribution is 2.17. The molecule has 0 aliphatic carbocycles. The van der Waals surface area contributed by atoms with Gasteiger partial charge in [0.1, 0.15) is 0 Å². The number of hydrogen-bond donors (Lipinski definition) is 2. The lowest BCUT2D eigenvalue weighted by Gasteiger charge is -2.18. The predicted molar refractivity (Wildman–Crippen MR) is 81.4 cm³/mol. The zero-order valence-corrected chi connectivity index (χ0v) is 12.3. The monoisotopic (exact) mass is 277 g/mol. The van der Waals surface area contributed by atoms with Crippen molar-refractivity contribution in [1.29, 1.82) is 0 Å². The van der Waals surface area contributed by atoms with Crippen LogP contribution >= 0.6 is 12.2 Å². The van der Waals surface area contributed by atoms with Gasteiger partial charge < -0.3 is 10.6 Å². The van der Waals surface area contributed by atoms with Crippen LogP contribution in [0.25, 0.3) is 0 Å². The molecule has 0 unspecified atom stereocenters. The van der Waals surface area contributed by atoms with Gasteiger partial charge in [-0.3, -0.25) is 4.90 Å². The molecule has 102 valence electrons. The number of aryl methyl sites for hydroxylation is 1. The van der Waals surface area contributed by atoms with E-state index in [9.17, 15) is 4.79 Å². The fourth-order valence-corrected chi connectivity index (χ4v) is 2.51. The number of nitrogens with one attached hydrogen (secondary N) is 2. The lowest BCUT2D eigenvalue weighted by molar-refractivity contribution is 0.233. The Hall–Kier alpha value is -1.62. The van der Waals surface area contributed by atoms with Crippen molar-refractivity contribution in [3.63, 3.8) is 0 Å². The molecule has 0 radical (unpaired) electrons. The first-order valence-electron chi connectivity index (χ1n) is 6.41. The van der Waals surface area contributed by atoms with Crippen LogP contribution in [0.2, 0.25) is 0 Å². The van der Waals surface area contributed by atoms with Crippen molar-refractivity contribution in [2.24, 2.45) is 0 Å². The lowest BCUT2D eigenvalue weighted by Crippen LogP contribution is -2.37. The maximum atomic E-state index is 12.2.